The van der Waals surface area contributed by atoms with Gasteiger partial charge in [-0.2, -0.15) is 0 Å². The van der Waals surface area contributed by atoms with E-state index in [0.717, 1.165) is 12.1 Å². The molecule has 18 heavy (non-hydrogen) atoms. The molecule has 0 radical (unpaired) electrons. The van der Waals surface area contributed by atoms with Crippen LogP contribution in [-0.4, -0.2) is 23.0 Å². The minimum absolute atomic E-state index is 0.0256. The van der Waals surface area contributed by atoms with Crippen LogP contribution in [0.4, 0.5) is 0 Å². The van der Waals surface area contributed by atoms with Crippen LogP contribution in [0.2, 0.25) is 0 Å². The van der Waals surface area contributed by atoms with Crippen molar-refractivity contribution in [3.05, 3.63) is 30.1 Å². The first-order chi connectivity index (χ1) is 8.45. The lowest BCUT2D eigenvalue weighted by Crippen LogP contribution is -2.52. The SMILES string of the molecule is CC(C)CC(C)(CN)NC(=O)Cc1ccccn1. The number of amides is 1. The van der Waals surface area contributed by atoms with E-state index < -0.39 is 0 Å². The van der Waals surface area contributed by atoms with Crippen LogP contribution in [0.25, 0.3) is 0 Å². The van der Waals surface area contributed by atoms with Gasteiger partial charge in [0.2, 0.25) is 5.91 Å². The zero-order chi connectivity index (χ0) is 13.6. The molecule has 0 bridgehead atoms. The van der Waals surface area contributed by atoms with Crippen LogP contribution in [-0.2, 0) is 11.2 Å². The van der Waals surface area contributed by atoms with Crippen LogP contribution < -0.4 is 11.1 Å². The highest BCUT2D eigenvalue weighted by molar-refractivity contribution is 5.78. The van der Waals surface area contributed by atoms with Crippen molar-refractivity contribution in [1.29, 1.82) is 0 Å². The number of hydrogen-bond donors (Lipinski definition) is 2. The normalized spacial score (nSPS) is 14.3. The molecule has 0 aliphatic carbocycles. The second-order valence-corrected chi connectivity index (χ2v) is 5.41. The standard InChI is InChI=1S/C14H23N3O/c1-11(2)9-14(3,10-15)17-13(18)8-12-6-4-5-7-16-12/h4-7,11H,8-10,15H2,1-3H3,(H,17,18). The van der Waals surface area contributed by atoms with Gasteiger partial charge >= 0.3 is 0 Å². The maximum Gasteiger partial charge on any atom is 0.226 e. The van der Waals surface area contributed by atoms with E-state index in [1.165, 1.54) is 0 Å². The van der Waals surface area contributed by atoms with Crippen molar-refractivity contribution in [3.8, 4) is 0 Å². The summed E-state index contributed by atoms with van der Waals surface area (Å²) in [7, 11) is 0. The van der Waals surface area contributed by atoms with E-state index in [9.17, 15) is 4.79 Å². The first-order valence-electron chi connectivity index (χ1n) is 6.36. The number of nitrogens with zero attached hydrogens (tertiary/aromatic N) is 1. The predicted molar refractivity (Wildman–Crippen MR) is 73.0 cm³/mol. The molecule has 0 aliphatic heterocycles. The van der Waals surface area contributed by atoms with E-state index >= 15 is 0 Å². The fraction of sp³-hybridized carbons (Fsp3) is 0.571. The van der Waals surface area contributed by atoms with Crippen LogP contribution in [0.5, 0.6) is 0 Å². The Balaban J connectivity index is 2.57. The van der Waals surface area contributed by atoms with E-state index in [1.807, 2.05) is 25.1 Å². The smallest absolute Gasteiger partial charge is 0.226 e. The fourth-order valence-corrected chi connectivity index (χ4v) is 2.13. The summed E-state index contributed by atoms with van der Waals surface area (Å²) in [6.07, 6.45) is 2.87. The van der Waals surface area contributed by atoms with Gasteiger partial charge in [0.1, 0.15) is 0 Å². The third-order valence-electron chi connectivity index (χ3n) is 2.82. The number of hydrogen-bond acceptors (Lipinski definition) is 3. The zero-order valence-corrected chi connectivity index (χ0v) is 11.4. The van der Waals surface area contributed by atoms with Crippen LogP contribution in [0.15, 0.2) is 24.4 Å². The number of rotatable bonds is 6. The predicted octanol–water partition coefficient (Wildman–Crippen LogP) is 1.50. The average molecular weight is 249 g/mol. The van der Waals surface area contributed by atoms with Crippen molar-refractivity contribution >= 4 is 5.91 Å². The van der Waals surface area contributed by atoms with Crippen LogP contribution in [0, 0.1) is 5.92 Å². The molecule has 0 aromatic carbocycles. The Labute approximate surface area is 109 Å². The summed E-state index contributed by atoms with van der Waals surface area (Å²) in [6, 6.07) is 5.57. The highest BCUT2D eigenvalue weighted by atomic mass is 16.1. The summed E-state index contributed by atoms with van der Waals surface area (Å²) in [6.45, 7) is 6.68. The van der Waals surface area contributed by atoms with Crippen molar-refractivity contribution in [2.24, 2.45) is 11.7 Å². The maximum absolute atomic E-state index is 12.0. The molecule has 1 aromatic rings. The third-order valence-corrected chi connectivity index (χ3v) is 2.82. The zero-order valence-electron chi connectivity index (χ0n) is 11.4. The van der Waals surface area contributed by atoms with E-state index in [0.29, 0.717) is 18.9 Å². The average Bonchev–Trinajstić information content (AvgIpc) is 2.28. The summed E-state index contributed by atoms with van der Waals surface area (Å²) in [5.74, 6) is 0.469. The van der Waals surface area contributed by atoms with Crippen molar-refractivity contribution in [1.82, 2.24) is 10.3 Å². The molecule has 1 amide bonds. The molecule has 4 nitrogen and oxygen atoms in total. The van der Waals surface area contributed by atoms with E-state index in [4.69, 9.17) is 5.73 Å². The molecule has 0 saturated heterocycles. The van der Waals surface area contributed by atoms with Gasteiger partial charge in [0.25, 0.3) is 0 Å². The number of nitrogens with two attached hydrogens (primary N) is 1. The number of carbonyl (C=O) groups is 1. The molecule has 0 saturated carbocycles. The molecule has 1 heterocycles. The lowest BCUT2D eigenvalue weighted by molar-refractivity contribution is -0.122. The molecule has 4 heteroatoms. The highest BCUT2D eigenvalue weighted by Gasteiger charge is 2.25. The number of nitrogens with one attached hydrogen (secondary N) is 1. The van der Waals surface area contributed by atoms with Crippen molar-refractivity contribution in [2.45, 2.75) is 39.2 Å². The van der Waals surface area contributed by atoms with Crippen molar-refractivity contribution in [2.75, 3.05) is 6.54 Å². The Bertz CT molecular complexity index is 378. The number of pyridine rings is 1. The second kappa shape index (κ2) is 6.50. The summed E-state index contributed by atoms with van der Waals surface area (Å²) in [5, 5.41) is 3.02. The Morgan fingerprint density at radius 3 is 2.72 bits per heavy atom. The van der Waals surface area contributed by atoms with Gasteiger partial charge < -0.3 is 11.1 Å². The van der Waals surface area contributed by atoms with Gasteiger partial charge in [-0.25, -0.2) is 0 Å². The summed E-state index contributed by atoms with van der Waals surface area (Å²) in [4.78, 5) is 16.1. The quantitative estimate of drug-likeness (QED) is 0.803. The molecular weight excluding hydrogens is 226 g/mol. The molecule has 3 N–H and O–H groups in total. The molecule has 1 unspecified atom stereocenters. The lowest BCUT2D eigenvalue weighted by Gasteiger charge is -2.31. The highest BCUT2D eigenvalue weighted by Crippen LogP contribution is 2.15. The van der Waals surface area contributed by atoms with Gasteiger partial charge in [-0.3, -0.25) is 9.78 Å². The van der Waals surface area contributed by atoms with Crippen molar-refractivity contribution in [3.63, 3.8) is 0 Å². The van der Waals surface area contributed by atoms with Crippen LogP contribution >= 0.6 is 0 Å². The van der Waals surface area contributed by atoms with Gasteiger partial charge in [0, 0.05) is 24.0 Å². The minimum atomic E-state index is -0.333. The monoisotopic (exact) mass is 249 g/mol. The molecule has 100 valence electrons. The first-order valence-corrected chi connectivity index (χ1v) is 6.36. The molecule has 0 aliphatic rings. The Hall–Kier alpha value is -1.42. The van der Waals surface area contributed by atoms with E-state index in [1.54, 1.807) is 6.20 Å². The number of carbonyl (C=O) groups excluding carboxylic acids is 1. The van der Waals surface area contributed by atoms with Gasteiger partial charge in [-0.15, -0.1) is 0 Å². The van der Waals surface area contributed by atoms with Gasteiger partial charge in [-0.05, 0) is 31.4 Å². The summed E-state index contributed by atoms with van der Waals surface area (Å²) >= 11 is 0. The molecule has 1 aromatic heterocycles. The minimum Gasteiger partial charge on any atom is -0.349 e. The van der Waals surface area contributed by atoms with E-state index in [2.05, 4.69) is 24.1 Å². The third kappa shape index (κ3) is 4.84. The topological polar surface area (TPSA) is 68.0 Å². The van der Waals surface area contributed by atoms with Crippen LogP contribution in [0.3, 0.4) is 0 Å². The summed E-state index contributed by atoms with van der Waals surface area (Å²) in [5.41, 5.74) is 6.21. The largest absolute Gasteiger partial charge is 0.349 e. The Kier molecular flexibility index (Phi) is 5.28. The maximum atomic E-state index is 12.0. The lowest BCUT2D eigenvalue weighted by atomic mass is 9.90. The second-order valence-electron chi connectivity index (χ2n) is 5.41. The molecule has 1 atom stereocenters. The van der Waals surface area contributed by atoms with Gasteiger partial charge in [-0.1, -0.05) is 19.9 Å². The molecule has 0 spiro atoms. The number of aromatic nitrogens is 1. The first kappa shape index (κ1) is 14.6. The molecule has 0 fully saturated rings. The van der Waals surface area contributed by atoms with Gasteiger partial charge in [0.05, 0.1) is 6.42 Å². The summed E-state index contributed by atoms with van der Waals surface area (Å²) < 4.78 is 0. The van der Waals surface area contributed by atoms with E-state index in [-0.39, 0.29) is 11.4 Å². The Morgan fingerprint density at radius 1 is 1.50 bits per heavy atom. The van der Waals surface area contributed by atoms with Crippen LogP contribution in [0.1, 0.15) is 32.9 Å². The van der Waals surface area contributed by atoms with Crippen molar-refractivity contribution < 1.29 is 4.79 Å². The molecular formula is C14H23N3O. The van der Waals surface area contributed by atoms with Gasteiger partial charge in [0.15, 0.2) is 0 Å². The fourth-order valence-electron chi connectivity index (χ4n) is 2.13. The molecule has 1 rings (SSSR count). The Morgan fingerprint density at radius 2 is 2.22 bits per heavy atom.